The van der Waals surface area contributed by atoms with Crippen LogP contribution >= 0.6 is 0 Å². The molecule has 0 saturated carbocycles. The normalized spacial score (nSPS) is 9.14. The van der Waals surface area contributed by atoms with Gasteiger partial charge in [-0.25, -0.2) is 0 Å². The molecule has 0 aliphatic rings. The molecule has 0 spiro atoms. The Hall–Kier alpha value is 0.258. The van der Waals surface area contributed by atoms with E-state index in [9.17, 15) is 0 Å². The van der Waals surface area contributed by atoms with Crippen molar-refractivity contribution in [3.63, 3.8) is 0 Å². The third-order valence-electron chi connectivity index (χ3n) is 1.77. The molecule has 0 bridgehead atoms. The average molecular weight is 300 g/mol. The first-order valence-electron chi connectivity index (χ1n) is 4.27. The van der Waals surface area contributed by atoms with Crippen molar-refractivity contribution in [2.45, 2.75) is 0 Å². The SMILES string of the molecule is [H-].[Na+].c1cc[c]([Sb][c]2ccccc2)cc1. The Kier molecular flexibility index (Phi) is 5.89. The monoisotopic (exact) mass is 299 g/mol. The maximum atomic E-state index is 2.23. The molecule has 0 aromatic heterocycles. The van der Waals surface area contributed by atoms with Crippen molar-refractivity contribution in [2.75, 3.05) is 0 Å². The van der Waals surface area contributed by atoms with E-state index in [1.165, 1.54) is 7.02 Å². The van der Waals surface area contributed by atoms with Crippen LogP contribution in [0.15, 0.2) is 60.7 Å². The van der Waals surface area contributed by atoms with E-state index in [1.54, 1.807) is 0 Å². The van der Waals surface area contributed by atoms with Gasteiger partial charge in [0.05, 0.1) is 0 Å². The van der Waals surface area contributed by atoms with Crippen molar-refractivity contribution in [3.8, 4) is 0 Å². The van der Waals surface area contributed by atoms with Gasteiger partial charge < -0.3 is 1.43 Å². The van der Waals surface area contributed by atoms with E-state index in [0.29, 0.717) is 0 Å². The van der Waals surface area contributed by atoms with Crippen LogP contribution in [0, 0.1) is 0 Å². The molecule has 14 heavy (non-hydrogen) atoms. The number of benzene rings is 2. The molecule has 0 atom stereocenters. The maximum absolute atomic E-state index is 2.23. The molecule has 2 rings (SSSR count). The molecule has 0 unspecified atom stereocenters. The van der Waals surface area contributed by atoms with E-state index in [1.807, 2.05) is 0 Å². The summed E-state index contributed by atoms with van der Waals surface area (Å²) in [5.74, 6) is 0. The Morgan fingerprint density at radius 1 is 0.643 bits per heavy atom. The van der Waals surface area contributed by atoms with Gasteiger partial charge >= 0.3 is 119 Å². The summed E-state index contributed by atoms with van der Waals surface area (Å²) in [4.78, 5) is 0. The van der Waals surface area contributed by atoms with Crippen LogP contribution in [0.1, 0.15) is 1.43 Å². The molecule has 0 fully saturated rings. The van der Waals surface area contributed by atoms with Gasteiger partial charge in [-0.05, 0) is 0 Å². The molecule has 0 heterocycles. The van der Waals surface area contributed by atoms with Crippen molar-refractivity contribution in [1.29, 1.82) is 0 Å². The molecule has 2 aromatic carbocycles. The van der Waals surface area contributed by atoms with Crippen molar-refractivity contribution >= 4 is 28.6 Å². The van der Waals surface area contributed by atoms with Crippen LogP contribution in [0.3, 0.4) is 0 Å². The Bertz CT molecular complexity index is 326. The predicted molar refractivity (Wildman–Crippen MR) is 59.0 cm³/mol. The summed E-state index contributed by atoms with van der Waals surface area (Å²) < 4.78 is 3.04. The van der Waals surface area contributed by atoms with Crippen molar-refractivity contribution in [2.24, 2.45) is 0 Å². The van der Waals surface area contributed by atoms with Gasteiger partial charge in [-0.1, -0.05) is 0 Å². The summed E-state index contributed by atoms with van der Waals surface area (Å²) in [5.41, 5.74) is 0. The van der Waals surface area contributed by atoms with E-state index in [0.717, 1.165) is 0 Å². The number of hydrogen-bond donors (Lipinski definition) is 0. The predicted octanol–water partition coefficient (Wildman–Crippen LogP) is -1.54. The molecule has 0 aliphatic carbocycles. The molecule has 0 N–H and O–H groups in total. The van der Waals surface area contributed by atoms with Crippen LogP contribution in [0.5, 0.6) is 0 Å². The second-order valence-electron chi connectivity index (χ2n) is 2.78. The Morgan fingerprint density at radius 3 is 1.36 bits per heavy atom. The molecule has 0 aliphatic heterocycles. The zero-order valence-corrected chi connectivity index (χ0v) is 12.8. The third-order valence-corrected chi connectivity index (χ3v) is 4.95. The molecular weight excluding hydrogens is 289 g/mol. The van der Waals surface area contributed by atoms with Gasteiger partial charge in [0.1, 0.15) is 0 Å². The number of hydrogen-bond acceptors (Lipinski definition) is 0. The molecule has 1 radical (unpaired) electrons. The van der Waals surface area contributed by atoms with Crippen LogP contribution in [-0.4, -0.2) is 21.6 Å². The van der Waals surface area contributed by atoms with Gasteiger partial charge in [-0.3, -0.25) is 0 Å². The fourth-order valence-electron chi connectivity index (χ4n) is 1.15. The van der Waals surface area contributed by atoms with Crippen molar-refractivity contribution < 1.29 is 31.0 Å². The van der Waals surface area contributed by atoms with E-state index >= 15 is 0 Å². The molecule has 0 saturated heterocycles. The zero-order chi connectivity index (χ0) is 8.93. The molecular formula is C12H11NaSb. The summed E-state index contributed by atoms with van der Waals surface area (Å²) in [5, 5.41) is 0. The van der Waals surface area contributed by atoms with Crippen LogP contribution < -0.4 is 36.6 Å². The summed E-state index contributed by atoms with van der Waals surface area (Å²) in [6, 6.07) is 21.5. The van der Waals surface area contributed by atoms with Crippen LogP contribution in [0.4, 0.5) is 0 Å². The molecule has 0 amide bonds. The van der Waals surface area contributed by atoms with Gasteiger partial charge in [0.2, 0.25) is 0 Å². The molecule has 65 valence electrons. The van der Waals surface area contributed by atoms with Gasteiger partial charge in [-0.15, -0.1) is 0 Å². The van der Waals surface area contributed by atoms with Crippen LogP contribution in [0.2, 0.25) is 0 Å². The fraction of sp³-hybridized carbons (Fsp3) is 0. The number of rotatable bonds is 2. The van der Waals surface area contributed by atoms with E-state index in [2.05, 4.69) is 60.7 Å². The minimum atomic E-state index is -0.335. The standard InChI is InChI=1S/2C6H5.Na.Sb.H/c2*1-2-4-6-5-3-1;;;/h2*1-5H;;;/q;;+1;;-1. The second kappa shape index (κ2) is 6.69. The topological polar surface area (TPSA) is 0 Å². The second-order valence-corrected chi connectivity index (χ2v) is 6.37. The fourth-order valence-corrected chi connectivity index (χ4v) is 3.84. The Labute approximate surface area is 119 Å². The molecule has 0 nitrogen and oxygen atoms in total. The molecule has 2 aromatic rings. The van der Waals surface area contributed by atoms with Gasteiger partial charge in [0, 0.05) is 0 Å². The third kappa shape index (κ3) is 3.79. The first kappa shape index (κ1) is 12.3. The summed E-state index contributed by atoms with van der Waals surface area (Å²) >= 11 is -0.335. The van der Waals surface area contributed by atoms with Crippen LogP contribution in [0.25, 0.3) is 0 Å². The van der Waals surface area contributed by atoms with Gasteiger partial charge in [0.25, 0.3) is 0 Å². The van der Waals surface area contributed by atoms with E-state index < -0.39 is 0 Å². The first-order valence-corrected chi connectivity index (χ1v) is 6.82. The summed E-state index contributed by atoms with van der Waals surface area (Å²) in [7, 11) is 0. The minimum absolute atomic E-state index is 0. The Balaban J connectivity index is 0.000000980. The molecule has 2 heteroatoms. The van der Waals surface area contributed by atoms with Gasteiger partial charge in [0.15, 0.2) is 0 Å². The Morgan fingerprint density at radius 2 is 1.00 bits per heavy atom. The van der Waals surface area contributed by atoms with Crippen molar-refractivity contribution in [3.05, 3.63) is 60.7 Å². The van der Waals surface area contributed by atoms with Crippen LogP contribution in [-0.2, 0) is 0 Å². The summed E-state index contributed by atoms with van der Waals surface area (Å²) in [6.45, 7) is 0. The first-order chi connectivity index (χ1) is 6.45. The quantitative estimate of drug-likeness (QED) is 0.590. The van der Waals surface area contributed by atoms with E-state index in [4.69, 9.17) is 0 Å². The summed E-state index contributed by atoms with van der Waals surface area (Å²) in [6.07, 6.45) is 0. The van der Waals surface area contributed by atoms with Crippen molar-refractivity contribution in [1.82, 2.24) is 0 Å². The van der Waals surface area contributed by atoms with E-state index in [-0.39, 0.29) is 52.6 Å². The average Bonchev–Trinajstić information content (AvgIpc) is 2.21. The zero-order valence-electron chi connectivity index (χ0n) is 9.22. The van der Waals surface area contributed by atoms with Gasteiger partial charge in [-0.2, -0.15) is 0 Å².